The Hall–Kier alpha value is -1.28. The summed E-state index contributed by atoms with van der Waals surface area (Å²) in [7, 11) is 0. The Balaban J connectivity index is 1.56. The molecule has 1 atom stereocenters. The molecule has 1 aromatic carbocycles. The van der Waals surface area contributed by atoms with Crippen LogP contribution < -0.4 is 5.32 Å². The van der Waals surface area contributed by atoms with Crippen LogP contribution in [-0.4, -0.2) is 11.5 Å². The van der Waals surface area contributed by atoms with Crippen molar-refractivity contribution in [2.75, 3.05) is 6.54 Å². The highest BCUT2D eigenvalue weighted by Gasteiger charge is 2.27. The molecule has 90 valence electrons. The maximum absolute atomic E-state index is 3.57. The highest BCUT2D eigenvalue weighted by molar-refractivity contribution is 5.79. The Labute approximate surface area is 102 Å². The van der Waals surface area contributed by atoms with Crippen LogP contribution in [0.1, 0.15) is 25.3 Å². The Kier molecular flexibility index (Phi) is 2.89. The van der Waals surface area contributed by atoms with Gasteiger partial charge in [0, 0.05) is 18.3 Å². The Morgan fingerprint density at radius 1 is 1.35 bits per heavy atom. The minimum absolute atomic E-state index is 0.837. The van der Waals surface area contributed by atoms with E-state index in [0.717, 1.165) is 24.9 Å². The Morgan fingerprint density at radius 3 is 3.06 bits per heavy atom. The van der Waals surface area contributed by atoms with Gasteiger partial charge in [0.1, 0.15) is 0 Å². The van der Waals surface area contributed by atoms with Crippen LogP contribution in [0.25, 0.3) is 10.9 Å². The molecular formula is C15H20N2. The largest absolute Gasteiger partial charge is 0.361 e. The van der Waals surface area contributed by atoms with Crippen molar-refractivity contribution in [1.82, 2.24) is 10.3 Å². The van der Waals surface area contributed by atoms with Crippen LogP contribution in [0.4, 0.5) is 0 Å². The molecule has 1 aromatic heterocycles. The predicted octanol–water partition coefficient (Wildman–Crippen LogP) is 3.30. The van der Waals surface area contributed by atoms with Gasteiger partial charge < -0.3 is 10.3 Å². The van der Waals surface area contributed by atoms with Crippen molar-refractivity contribution in [1.29, 1.82) is 0 Å². The highest BCUT2D eigenvalue weighted by atomic mass is 14.9. The zero-order valence-electron chi connectivity index (χ0n) is 10.4. The first kappa shape index (κ1) is 10.8. The van der Waals surface area contributed by atoms with Gasteiger partial charge in [-0.15, -0.1) is 0 Å². The SMILES string of the molecule is CC(CNCc1ccc2cc[nH]c2c1)C1CC1. The molecule has 0 spiro atoms. The molecule has 0 amide bonds. The minimum atomic E-state index is 0.837. The standard InChI is InChI=1S/C15H20N2/c1-11(13-4-5-13)9-16-10-12-2-3-14-6-7-17-15(14)8-12/h2-3,6-8,11,13,16-17H,4-5,9-10H2,1H3. The lowest BCUT2D eigenvalue weighted by Crippen LogP contribution is -2.21. The molecule has 3 rings (SSSR count). The fourth-order valence-electron chi connectivity index (χ4n) is 2.48. The van der Waals surface area contributed by atoms with Gasteiger partial charge in [0.05, 0.1) is 0 Å². The molecule has 2 aromatic rings. The van der Waals surface area contributed by atoms with Gasteiger partial charge in [-0.05, 0) is 54.3 Å². The summed E-state index contributed by atoms with van der Waals surface area (Å²) >= 11 is 0. The number of fused-ring (bicyclic) bond motifs is 1. The van der Waals surface area contributed by atoms with Crippen molar-refractivity contribution in [3.05, 3.63) is 36.0 Å². The molecule has 2 nitrogen and oxygen atoms in total. The second-order valence-corrected chi connectivity index (χ2v) is 5.34. The van der Waals surface area contributed by atoms with Crippen molar-refractivity contribution in [3.8, 4) is 0 Å². The quantitative estimate of drug-likeness (QED) is 0.807. The van der Waals surface area contributed by atoms with E-state index in [2.05, 4.69) is 41.5 Å². The van der Waals surface area contributed by atoms with E-state index in [1.807, 2.05) is 6.20 Å². The lowest BCUT2D eigenvalue weighted by atomic mass is 10.1. The normalized spacial score (nSPS) is 17.5. The van der Waals surface area contributed by atoms with Gasteiger partial charge in [-0.25, -0.2) is 0 Å². The summed E-state index contributed by atoms with van der Waals surface area (Å²) < 4.78 is 0. The van der Waals surface area contributed by atoms with Gasteiger partial charge in [-0.2, -0.15) is 0 Å². The van der Waals surface area contributed by atoms with E-state index in [-0.39, 0.29) is 0 Å². The average Bonchev–Trinajstić information content (AvgIpc) is 3.08. The number of nitrogens with one attached hydrogen (secondary N) is 2. The van der Waals surface area contributed by atoms with Crippen LogP contribution in [0, 0.1) is 11.8 Å². The number of rotatable bonds is 5. The fraction of sp³-hybridized carbons (Fsp3) is 0.467. The van der Waals surface area contributed by atoms with Gasteiger partial charge in [-0.3, -0.25) is 0 Å². The molecule has 17 heavy (non-hydrogen) atoms. The van der Waals surface area contributed by atoms with Gasteiger partial charge >= 0.3 is 0 Å². The molecule has 1 fully saturated rings. The van der Waals surface area contributed by atoms with Gasteiger partial charge in [0.25, 0.3) is 0 Å². The van der Waals surface area contributed by atoms with Crippen LogP contribution in [0.5, 0.6) is 0 Å². The number of hydrogen-bond acceptors (Lipinski definition) is 1. The van der Waals surface area contributed by atoms with E-state index in [0.29, 0.717) is 0 Å². The molecule has 1 saturated carbocycles. The smallest absolute Gasteiger partial charge is 0.0457 e. The van der Waals surface area contributed by atoms with Gasteiger partial charge in [-0.1, -0.05) is 19.1 Å². The van der Waals surface area contributed by atoms with Crippen LogP contribution in [0.3, 0.4) is 0 Å². The number of hydrogen-bond donors (Lipinski definition) is 2. The van der Waals surface area contributed by atoms with Gasteiger partial charge in [0.15, 0.2) is 0 Å². The zero-order valence-corrected chi connectivity index (χ0v) is 10.4. The summed E-state index contributed by atoms with van der Waals surface area (Å²) in [6, 6.07) is 8.75. The third-order valence-electron chi connectivity index (χ3n) is 3.84. The molecule has 0 bridgehead atoms. The molecule has 2 heteroatoms. The minimum Gasteiger partial charge on any atom is -0.361 e. The molecule has 2 N–H and O–H groups in total. The topological polar surface area (TPSA) is 27.8 Å². The molecule has 0 saturated heterocycles. The van der Waals surface area contributed by atoms with E-state index in [4.69, 9.17) is 0 Å². The van der Waals surface area contributed by atoms with Crippen molar-refractivity contribution in [2.24, 2.45) is 11.8 Å². The van der Waals surface area contributed by atoms with Crippen molar-refractivity contribution < 1.29 is 0 Å². The summed E-state index contributed by atoms with van der Waals surface area (Å²) in [4.78, 5) is 3.26. The van der Waals surface area contributed by atoms with E-state index >= 15 is 0 Å². The monoisotopic (exact) mass is 228 g/mol. The lowest BCUT2D eigenvalue weighted by Gasteiger charge is -2.11. The van der Waals surface area contributed by atoms with Crippen LogP contribution in [0.2, 0.25) is 0 Å². The highest BCUT2D eigenvalue weighted by Crippen LogP contribution is 2.36. The lowest BCUT2D eigenvalue weighted by molar-refractivity contribution is 0.462. The number of aromatic nitrogens is 1. The Bertz CT molecular complexity index is 496. The van der Waals surface area contributed by atoms with Crippen LogP contribution in [-0.2, 0) is 6.54 Å². The maximum Gasteiger partial charge on any atom is 0.0457 e. The fourth-order valence-corrected chi connectivity index (χ4v) is 2.48. The molecule has 1 unspecified atom stereocenters. The molecular weight excluding hydrogens is 208 g/mol. The van der Waals surface area contributed by atoms with Crippen molar-refractivity contribution in [2.45, 2.75) is 26.3 Å². The van der Waals surface area contributed by atoms with Crippen molar-refractivity contribution >= 4 is 10.9 Å². The summed E-state index contributed by atoms with van der Waals surface area (Å²) in [5, 5.41) is 4.86. The number of H-pyrrole nitrogens is 1. The summed E-state index contributed by atoms with van der Waals surface area (Å²) in [6.07, 6.45) is 4.88. The molecule has 1 heterocycles. The second-order valence-electron chi connectivity index (χ2n) is 5.34. The second kappa shape index (κ2) is 4.53. The number of aromatic amines is 1. The molecule has 0 radical (unpaired) electrons. The maximum atomic E-state index is 3.57. The number of benzene rings is 1. The first-order chi connectivity index (χ1) is 8.33. The molecule has 1 aliphatic rings. The average molecular weight is 228 g/mol. The summed E-state index contributed by atoms with van der Waals surface area (Å²) in [6.45, 7) is 4.48. The third-order valence-corrected chi connectivity index (χ3v) is 3.84. The van der Waals surface area contributed by atoms with E-state index in [1.54, 1.807) is 0 Å². The first-order valence-electron chi connectivity index (χ1n) is 6.59. The van der Waals surface area contributed by atoms with Crippen LogP contribution in [0.15, 0.2) is 30.5 Å². The third kappa shape index (κ3) is 2.52. The molecule has 1 aliphatic carbocycles. The van der Waals surface area contributed by atoms with Gasteiger partial charge in [0.2, 0.25) is 0 Å². The van der Waals surface area contributed by atoms with Crippen LogP contribution >= 0.6 is 0 Å². The Morgan fingerprint density at radius 2 is 2.24 bits per heavy atom. The van der Waals surface area contributed by atoms with E-state index < -0.39 is 0 Å². The molecule has 0 aliphatic heterocycles. The summed E-state index contributed by atoms with van der Waals surface area (Å²) in [5.41, 5.74) is 2.60. The van der Waals surface area contributed by atoms with E-state index in [9.17, 15) is 0 Å². The first-order valence-corrected chi connectivity index (χ1v) is 6.59. The van der Waals surface area contributed by atoms with E-state index in [1.165, 1.54) is 29.3 Å². The predicted molar refractivity (Wildman–Crippen MR) is 71.9 cm³/mol. The van der Waals surface area contributed by atoms with Crippen molar-refractivity contribution in [3.63, 3.8) is 0 Å². The summed E-state index contributed by atoms with van der Waals surface area (Å²) in [5.74, 6) is 1.83. The zero-order chi connectivity index (χ0) is 11.7.